The van der Waals surface area contributed by atoms with E-state index in [-0.39, 0.29) is 0 Å². The zero-order valence-electron chi connectivity index (χ0n) is 12.1. The highest BCUT2D eigenvalue weighted by molar-refractivity contribution is 4.99. The minimum absolute atomic E-state index is 0.326. The standard InChI is InChI=1S/C7H14N2O.C6H14N2/c1-9-3-2-8-7(4-9)5-10-6-7;1-7-3-5-8(2)6-4-7/h8H,2-6H2,1H3;3-6H2,1-2H3. The number of rotatable bonds is 0. The van der Waals surface area contributed by atoms with Crippen molar-refractivity contribution in [3.8, 4) is 0 Å². The molecular weight excluding hydrogens is 228 g/mol. The highest BCUT2D eigenvalue weighted by Gasteiger charge is 2.40. The number of nitrogens with zero attached hydrogens (tertiary/aromatic N) is 3. The van der Waals surface area contributed by atoms with Crippen LogP contribution in [0.25, 0.3) is 0 Å². The van der Waals surface area contributed by atoms with Crippen molar-refractivity contribution < 1.29 is 4.74 Å². The molecule has 0 amide bonds. The van der Waals surface area contributed by atoms with Gasteiger partial charge >= 0.3 is 0 Å². The molecule has 106 valence electrons. The van der Waals surface area contributed by atoms with Gasteiger partial charge < -0.3 is 24.8 Å². The maximum absolute atomic E-state index is 5.17. The molecule has 3 aliphatic rings. The fourth-order valence-electron chi connectivity index (χ4n) is 2.61. The summed E-state index contributed by atoms with van der Waals surface area (Å²) in [6, 6.07) is 0. The van der Waals surface area contributed by atoms with E-state index in [4.69, 9.17) is 4.74 Å². The zero-order chi connectivity index (χ0) is 13.0. The quantitative estimate of drug-likeness (QED) is 0.610. The molecule has 3 fully saturated rings. The molecular formula is C13H28N4O. The molecule has 0 atom stereocenters. The van der Waals surface area contributed by atoms with Crippen LogP contribution >= 0.6 is 0 Å². The van der Waals surface area contributed by atoms with Crippen molar-refractivity contribution in [3.63, 3.8) is 0 Å². The molecule has 0 bridgehead atoms. The maximum Gasteiger partial charge on any atom is 0.0782 e. The largest absolute Gasteiger partial charge is 0.377 e. The van der Waals surface area contributed by atoms with E-state index in [1.54, 1.807) is 0 Å². The highest BCUT2D eigenvalue weighted by atomic mass is 16.5. The van der Waals surface area contributed by atoms with Crippen molar-refractivity contribution in [2.75, 3.05) is 80.2 Å². The number of hydrogen-bond donors (Lipinski definition) is 1. The normalized spacial score (nSPS) is 29.5. The van der Waals surface area contributed by atoms with E-state index < -0.39 is 0 Å². The fourth-order valence-corrected chi connectivity index (χ4v) is 2.61. The van der Waals surface area contributed by atoms with Crippen molar-refractivity contribution in [1.29, 1.82) is 0 Å². The first kappa shape index (κ1) is 14.2. The Labute approximate surface area is 111 Å². The van der Waals surface area contributed by atoms with Crippen molar-refractivity contribution in [2.24, 2.45) is 0 Å². The van der Waals surface area contributed by atoms with Crippen LogP contribution in [0.5, 0.6) is 0 Å². The van der Waals surface area contributed by atoms with Gasteiger partial charge in [-0.15, -0.1) is 0 Å². The first-order valence-electron chi connectivity index (χ1n) is 6.98. The third-order valence-electron chi connectivity index (χ3n) is 4.05. The number of nitrogens with one attached hydrogen (secondary N) is 1. The highest BCUT2D eigenvalue weighted by Crippen LogP contribution is 2.19. The van der Waals surface area contributed by atoms with Crippen LogP contribution in [0.15, 0.2) is 0 Å². The second kappa shape index (κ2) is 6.30. The topological polar surface area (TPSA) is 31.0 Å². The summed E-state index contributed by atoms with van der Waals surface area (Å²) in [5.74, 6) is 0. The summed E-state index contributed by atoms with van der Waals surface area (Å²) < 4.78 is 5.17. The second-order valence-corrected chi connectivity index (χ2v) is 6.04. The van der Waals surface area contributed by atoms with Gasteiger partial charge in [-0.3, -0.25) is 0 Å². The Balaban J connectivity index is 0.000000138. The van der Waals surface area contributed by atoms with Crippen molar-refractivity contribution in [3.05, 3.63) is 0 Å². The molecule has 0 aromatic rings. The minimum atomic E-state index is 0.326. The lowest BCUT2D eigenvalue weighted by atomic mass is 9.95. The average molecular weight is 256 g/mol. The van der Waals surface area contributed by atoms with Crippen molar-refractivity contribution in [2.45, 2.75) is 5.54 Å². The summed E-state index contributed by atoms with van der Waals surface area (Å²) in [5.41, 5.74) is 0.326. The molecule has 0 aliphatic carbocycles. The lowest BCUT2D eigenvalue weighted by Crippen LogP contribution is -2.69. The number of hydrogen-bond acceptors (Lipinski definition) is 5. The van der Waals surface area contributed by atoms with Crippen LogP contribution in [-0.4, -0.2) is 100 Å². The number of ether oxygens (including phenoxy) is 1. The predicted molar refractivity (Wildman–Crippen MR) is 74.0 cm³/mol. The lowest BCUT2D eigenvalue weighted by molar-refractivity contribution is -0.0968. The van der Waals surface area contributed by atoms with E-state index in [2.05, 4.69) is 41.2 Å². The smallest absolute Gasteiger partial charge is 0.0782 e. The second-order valence-electron chi connectivity index (χ2n) is 6.04. The Bertz CT molecular complexity index is 239. The average Bonchev–Trinajstić information content (AvgIpc) is 2.32. The van der Waals surface area contributed by atoms with Gasteiger partial charge in [-0.25, -0.2) is 0 Å². The van der Waals surface area contributed by atoms with E-state index in [1.165, 1.54) is 32.7 Å². The van der Waals surface area contributed by atoms with E-state index >= 15 is 0 Å². The molecule has 5 heteroatoms. The fraction of sp³-hybridized carbons (Fsp3) is 1.00. The molecule has 1 spiro atoms. The van der Waals surface area contributed by atoms with Gasteiger partial charge in [-0.1, -0.05) is 0 Å². The van der Waals surface area contributed by atoms with Gasteiger partial charge in [-0.05, 0) is 21.1 Å². The van der Waals surface area contributed by atoms with E-state index in [1.807, 2.05) is 0 Å². The van der Waals surface area contributed by atoms with E-state index in [0.717, 1.165) is 26.3 Å². The summed E-state index contributed by atoms with van der Waals surface area (Å²) in [6.45, 7) is 10.2. The summed E-state index contributed by atoms with van der Waals surface area (Å²) in [5, 5.41) is 3.50. The van der Waals surface area contributed by atoms with Crippen LogP contribution < -0.4 is 5.32 Å². The third-order valence-corrected chi connectivity index (χ3v) is 4.05. The molecule has 1 N–H and O–H groups in total. The summed E-state index contributed by atoms with van der Waals surface area (Å²) >= 11 is 0. The van der Waals surface area contributed by atoms with Crippen molar-refractivity contribution >= 4 is 0 Å². The van der Waals surface area contributed by atoms with Crippen LogP contribution in [0, 0.1) is 0 Å². The first-order valence-corrected chi connectivity index (χ1v) is 6.98. The summed E-state index contributed by atoms with van der Waals surface area (Å²) in [6.07, 6.45) is 0. The summed E-state index contributed by atoms with van der Waals surface area (Å²) in [4.78, 5) is 7.08. The van der Waals surface area contributed by atoms with Crippen LogP contribution in [0.4, 0.5) is 0 Å². The van der Waals surface area contributed by atoms with Crippen LogP contribution in [-0.2, 0) is 4.74 Å². The van der Waals surface area contributed by atoms with Gasteiger partial charge in [0.15, 0.2) is 0 Å². The minimum Gasteiger partial charge on any atom is -0.377 e. The Morgan fingerprint density at radius 1 is 0.833 bits per heavy atom. The van der Waals surface area contributed by atoms with E-state index in [0.29, 0.717) is 5.54 Å². The van der Waals surface area contributed by atoms with Crippen molar-refractivity contribution in [1.82, 2.24) is 20.0 Å². The molecule has 0 radical (unpaired) electrons. The number of likely N-dealkylation sites (N-methyl/N-ethyl adjacent to an activating group) is 3. The third kappa shape index (κ3) is 3.90. The van der Waals surface area contributed by atoms with Gasteiger partial charge in [0, 0.05) is 45.8 Å². The lowest BCUT2D eigenvalue weighted by Gasteiger charge is -2.47. The summed E-state index contributed by atoms with van der Waals surface area (Å²) in [7, 11) is 6.51. The van der Waals surface area contributed by atoms with Crippen LogP contribution in [0.2, 0.25) is 0 Å². The molecule has 0 aromatic heterocycles. The van der Waals surface area contributed by atoms with Gasteiger partial charge in [-0.2, -0.15) is 0 Å². The zero-order valence-corrected chi connectivity index (χ0v) is 12.1. The Kier molecular flexibility index (Phi) is 4.98. The molecule has 0 aromatic carbocycles. The van der Waals surface area contributed by atoms with Gasteiger partial charge in [0.05, 0.1) is 18.8 Å². The molecule has 0 unspecified atom stereocenters. The molecule has 3 heterocycles. The van der Waals surface area contributed by atoms with Gasteiger partial charge in [0.1, 0.15) is 0 Å². The van der Waals surface area contributed by atoms with Gasteiger partial charge in [0.25, 0.3) is 0 Å². The Morgan fingerprint density at radius 3 is 1.72 bits per heavy atom. The molecule has 0 saturated carbocycles. The molecule has 3 saturated heterocycles. The monoisotopic (exact) mass is 256 g/mol. The Hall–Kier alpha value is -0.200. The Morgan fingerprint density at radius 2 is 1.39 bits per heavy atom. The van der Waals surface area contributed by atoms with Crippen LogP contribution in [0.1, 0.15) is 0 Å². The van der Waals surface area contributed by atoms with Crippen LogP contribution in [0.3, 0.4) is 0 Å². The molecule has 5 nitrogen and oxygen atoms in total. The first-order chi connectivity index (χ1) is 8.60. The van der Waals surface area contributed by atoms with Gasteiger partial charge in [0.2, 0.25) is 0 Å². The van der Waals surface area contributed by atoms with E-state index in [9.17, 15) is 0 Å². The SMILES string of the molecule is CN1CCN(C)CC1.CN1CCNC2(COC2)C1. The predicted octanol–water partition coefficient (Wildman–Crippen LogP) is -0.846. The number of piperazine rings is 2. The maximum atomic E-state index is 5.17. The molecule has 18 heavy (non-hydrogen) atoms. The molecule has 3 aliphatic heterocycles. The molecule has 3 rings (SSSR count).